The van der Waals surface area contributed by atoms with Crippen LogP contribution < -0.4 is 10.6 Å². The zero-order chi connectivity index (χ0) is 11.9. The maximum atomic E-state index is 5.39. The van der Waals surface area contributed by atoms with Crippen molar-refractivity contribution in [3.05, 3.63) is 60.7 Å². The van der Waals surface area contributed by atoms with E-state index in [4.69, 9.17) is 6.42 Å². The van der Waals surface area contributed by atoms with Gasteiger partial charge in [-0.15, -0.1) is 12.3 Å². The average Bonchev–Trinajstić information content (AvgIpc) is 2.42. The molecule has 0 aromatic heterocycles. The van der Waals surface area contributed by atoms with E-state index in [0.29, 0.717) is 0 Å². The Morgan fingerprint density at radius 1 is 0.824 bits per heavy atom. The highest BCUT2D eigenvalue weighted by Gasteiger charge is 2.11. The molecule has 0 radical (unpaired) electrons. The van der Waals surface area contributed by atoms with Crippen molar-refractivity contribution in [1.29, 1.82) is 0 Å². The van der Waals surface area contributed by atoms with E-state index in [0.717, 1.165) is 12.6 Å². The second kappa shape index (κ2) is 6.24. The second-order valence-electron chi connectivity index (χ2n) is 3.78. The molecule has 0 bridgehead atoms. The molecule has 0 aliphatic carbocycles. The third kappa shape index (κ3) is 3.19. The van der Waals surface area contributed by atoms with Gasteiger partial charge in [-0.1, -0.05) is 60.7 Å². The van der Waals surface area contributed by atoms with E-state index >= 15 is 0 Å². The molecule has 0 fully saturated rings. The van der Waals surface area contributed by atoms with Crippen LogP contribution in [0, 0.1) is 12.3 Å². The first-order chi connectivity index (χ1) is 8.42. The van der Waals surface area contributed by atoms with E-state index in [-0.39, 0.29) is 7.92 Å². The molecule has 0 amide bonds. The molecule has 2 aromatic rings. The molecule has 0 nitrogen and oxygen atoms in total. The summed E-state index contributed by atoms with van der Waals surface area (Å²) in [5.74, 6) is 2.75. The van der Waals surface area contributed by atoms with Gasteiger partial charge in [-0.3, -0.25) is 0 Å². The molecule has 84 valence electrons. The Kier molecular flexibility index (Phi) is 4.37. The lowest BCUT2D eigenvalue weighted by Gasteiger charge is -2.17. The largest absolute Gasteiger partial charge is 0.120 e. The maximum absolute atomic E-state index is 5.39. The predicted octanol–water partition coefficient (Wildman–Crippen LogP) is 3.14. The van der Waals surface area contributed by atoms with Gasteiger partial charge in [0.05, 0.1) is 0 Å². The Morgan fingerprint density at radius 2 is 1.29 bits per heavy atom. The highest BCUT2D eigenvalue weighted by molar-refractivity contribution is 7.73. The molecule has 0 saturated heterocycles. The van der Waals surface area contributed by atoms with Crippen molar-refractivity contribution in [3.8, 4) is 12.3 Å². The molecule has 1 heteroatoms. The number of rotatable bonds is 4. The summed E-state index contributed by atoms with van der Waals surface area (Å²) >= 11 is 0. The van der Waals surface area contributed by atoms with Crippen molar-refractivity contribution in [3.63, 3.8) is 0 Å². The lowest BCUT2D eigenvalue weighted by Crippen LogP contribution is -2.13. The van der Waals surface area contributed by atoms with E-state index < -0.39 is 0 Å². The molecule has 0 N–H and O–H groups in total. The first kappa shape index (κ1) is 11.9. The van der Waals surface area contributed by atoms with Gasteiger partial charge in [0.15, 0.2) is 0 Å². The van der Waals surface area contributed by atoms with E-state index in [2.05, 4.69) is 66.6 Å². The minimum absolute atomic E-state index is 0.299. The Morgan fingerprint density at radius 3 is 1.71 bits per heavy atom. The van der Waals surface area contributed by atoms with Crippen LogP contribution in [0.4, 0.5) is 0 Å². The van der Waals surface area contributed by atoms with E-state index in [1.54, 1.807) is 0 Å². The maximum Gasteiger partial charge on any atom is 0.0131 e. The normalized spacial score (nSPS) is 10.1. The molecule has 0 atom stereocenters. The molecule has 2 aromatic carbocycles. The first-order valence-corrected chi connectivity index (χ1v) is 7.25. The van der Waals surface area contributed by atoms with Crippen LogP contribution in [0.2, 0.25) is 0 Å². The summed E-state index contributed by atoms with van der Waals surface area (Å²) in [5.41, 5.74) is 0. The monoisotopic (exact) mass is 238 g/mol. The van der Waals surface area contributed by atoms with Gasteiger partial charge in [0.25, 0.3) is 0 Å². The summed E-state index contributed by atoms with van der Waals surface area (Å²) in [4.78, 5) is 0. The topological polar surface area (TPSA) is 0 Å². The van der Waals surface area contributed by atoms with Crippen LogP contribution in [0.25, 0.3) is 0 Å². The highest BCUT2D eigenvalue weighted by Crippen LogP contribution is 2.33. The molecule has 0 aliphatic heterocycles. The summed E-state index contributed by atoms with van der Waals surface area (Å²) < 4.78 is 0. The molecule has 0 unspecified atom stereocenters. The lowest BCUT2D eigenvalue weighted by atomic mass is 10.4. The van der Waals surface area contributed by atoms with Gasteiger partial charge in [-0.2, -0.15) is 0 Å². The van der Waals surface area contributed by atoms with Crippen LogP contribution in [-0.4, -0.2) is 6.16 Å². The third-order valence-electron chi connectivity index (χ3n) is 2.62. The van der Waals surface area contributed by atoms with Crippen LogP contribution in [-0.2, 0) is 0 Å². The quantitative estimate of drug-likeness (QED) is 0.567. The van der Waals surface area contributed by atoms with Gasteiger partial charge < -0.3 is 0 Å². The predicted molar refractivity (Wildman–Crippen MR) is 77.4 cm³/mol. The molecule has 0 aliphatic rings. The van der Waals surface area contributed by atoms with Gasteiger partial charge in [0, 0.05) is 6.42 Å². The second-order valence-corrected chi connectivity index (χ2v) is 6.11. The molecule has 17 heavy (non-hydrogen) atoms. The summed E-state index contributed by atoms with van der Waals surface area (Å²) in [6.07, 6.45) is 7.31. The standard InChI is InChI=1S/C16H15P/c1-2-3-14-17(15-10-6-4-7-11-15)16-12-8-5-9-13-16/h1,4-13H,3,14H2. The van der Waals surface area contributed by atoms with Gasteiger partial charge in [0.1, 0.15) is 0 Å². The Hall–Kier alpha value is -1.57. The Labute approximate surface area is 104 Å². The van der Waals surface area contributed by atoms with E-state index in [1.807, 2.05) is 0 Å². The molecule has 0 spiro atoms. The number of benzene rings is 2. The van der Waals surface area contributed by atoms with Crippen molar-refractivity contribution < 1.29 is 0 Å². The fraction of sp³-hybridized carbons (Fsp3) is 0.125. The van der Waals surface area contributed by atoms with Gasteiger partial charge >= 0.3 is 0 Å². The van der Waals surface area contributed by atoms with Crippen molar-refractivity contribution in [2.45, 2.75) is 6.42 Å². The smallest absolute Gasteiger partial charge is 0.0131 e. The van der Waals surface area contributed by atoms with Crippen molar-refractivity contribution in [2.24, 2.45) is 0 Å². The minimum atomic E-state index is -0.299. The highest BCUT2D eigenvalue weighted by atomic mass is 31.1. The SMILES string of the molecule is C#CCCP(c1ccccc1)c1ccccc1. The summed E-state index contributed by atoms with van der Waals surface area (Å²) in [6, 6.07) is 21.3. The van der Waals surface area contributed by atoms with Crippen LogP contribution in [0.1, 0.15) is 6.42 Å². The van der Waals surface area contributed by atoms with Crippen molar-refractivity contribution in [1.82, 2.24) is 0 Å². The molecular weight excluding hydrogens is 223 g/mol. The fourth-order valence-electron chi connectivity index (χ4n) is 1.80. The number of terminal acetylenes is 1. The number of hydrogen-bond donors (Lipinski definition) is 0. The Balaban J connectivity index is 2.30. The molecule has 0 heterocycles. The third-order valence-corrected chi connectivity index (χ3v) is 5.13. The van der Waals surface area contributed by atoms with E-state index in [1.165, 1.54) is 10.6 Å². The first-order valence-electron chi connectivity index (χ1n) is 5.73. The van der Waals surface area contributed by atoms with Gasteiger partial charge in [-0.25, -0.2) is 0 Å². The lowest BCUT2D eigenvalue weighted by molar-refractivity contribution is 1.29. The zero-order valence-electron chi connectivity index (χ0n) is 9.71. The van der Waals surface area contributed by atoms with Gasteiger partial charge in [-0.05, 0) is 24.7 Å². The molecule has 0 saturated carbocycles. The van der Waals surface area contributed by atoms with Crippen LogP contribution in [0.15, 0.2) is 60.7 Å². The average molecular weight is 238 g/mol. The number of hydrogen-bond acceptors (Lipinski definition) is 0. The van der Waals surface area contributed by atoms with E-state index in [9.17, 15) is 0 Å². The zero-order valence-corrected chi connectivity index (χ0v) is 10.6. The van der Waals surface area contributed by atoms with Crippen LogP contribution in [0.3, 0.4) is 0 Å². The van der Waals surface area contributed by atoms with Crippen molar-refractivity contribution in [2.75, 3.05) is 6.16 Å². The summed E-state index contributed by atoms with van der Waals surface area (Å²) in [7, 11) is -0.299. The minimum Gasteiger partial charge on any atom is -0.120 e. The summed E-state index contributed by atoms with van der Waals surface area (Å²) in [6.45, 7) is 0. The Bertz CT molecular complexity index is 442. The van der Waals surface area contributed by atoms with Gasteiger partial charge in [0.2, 0.25) is 0 Å². The van der Waals surface area contributed by atoms with Crippen LogP contribution >= 0.6 is 7.92 Å². The fourth-order valence-corrected chi connectivity index (χ4v) is 4.03. The van der Waals surface area contributed by atoms with Crippen molar-refractivity contribution >= 4 is 18.5 Å². The van der Waals surface area contributed by atoms with Crippen LogP contribution in [0.5, 0.6) is 0 Å². The molecule has 2 rings (SSSR count). The molecular formula is C16H15P. The summed E-state index contributed by atoms with van der Waals surface area (Å²) in [5, 5.41) is 2.81.